The molecule has 1 aliphatic carbocycles. The van der Waals surface area contributed by atoms with E-state index in [0.717, 1.165) is 23.7 Å². The lowest BCUT2D eigenvalue weighted by Crippen LogP contribution is -2.32. The molecule has 1 heterocycles. The number of hydrogen-bond donors (Lipinski definition) is 1. The van der Waals surface area contributed by atoms with Crippen molar-refractivity contribution in [3.05, 3.63) is 42.1 Å². The number of nitrogens with zero attached hydrogens (tertiary/aromatic N) is 1. The largest absolute Gasteiger partial charge is 0.327 e. The molecule has 17 heavy (non-hydrogen) atoms. The summed E-state index contributed by atoms with van der Waals surface area (Å²) in [6.07, 6.45) is 3.49. The van der Waals surface area contributed by atoms with E-state index in [1.165, 1.54) is 0 Å². The van der Waals surface area contributed by atoms with Crippen LogP contribution in [0.15, 0.2) is 36.5 Å². The van der Waals surface area contributed by atoms with E-state index >= 15 is 0 Å². The maximum Gasteiger partial charge on any atom is 0.152 e. The number of hydrogen-bond acceptors (Lipinski definition) is 2. The number of fused-ring (bicyclic) bond motifs is 1. The molecule has 3 rings (SSSR count). The van der Waals surface area contributed by atoms with E-state index in [1.54, 1.807) is 6.20 Å². The molecule has 1 aromatic heterocycles. The fourth-order valence-electron chi connectivity index (χ4n) is 2.36. The van der Waals surface area contributed by atoms with Crippen LogP contribution in [-0.4, -0.2) is 11.5 Å². The number of halogens is 1. The monoisotopic (exact) mass is 230 g/mol. The van der Waals surface area contributed by atoms with Crippen LogP contribution in [0.1, 0.15) is 18.4 Å². The van der Waals surface area contributed by atoms with Crippen molar-refractivity contribution in [1.82, 2.24) is 4.98 Å². The van der Waals surface area contributed by atoms with E-state index < -0.39 is 5.67 Å². The van der Waals surface area contributed by atoms with Crippen molar-refractivity contribution in [2.45, 2.75) is 18.5 Å². The number of alkyl halides is 1. The lowest BCUT2D eigenvalue weighted by molar-refractivity contribution is 0.142. The van der Waals surface area contributed by atoms with Crippen LogP contribution in [0.4, 0.5) is 4.39 Å². The zero-order valence-corrected chi connectivity index (χ0v) is 9.57. The zero-order valence-electron chi connectivity index (χ0n) is 9.57. The number of para-hydroxylation sites is 1. The van der Waals surface area contributed by atoms with E-state index in [4.69, 9.17) is 5.73 Å². The highest BCUT2D eigenvalue weighted by molar-refractivity contribution is 5.79. The summed E-state index contributed by atoms with van der Waals surface area (Å²) in [5.74, 6) is 0.0791. The van der Waals surface area contributed by atoms with Crippen LogP contribution >= 0.6 is 0 Å². The average molecular weight is 230 g/mol. The Kier molecular flexibility index (Phi) is 2.37. The summed E-state index contributed by atoms with van der Waals surface area (Å²) in [7, 11) is 0. The Morgan fingerprint density at radius 3 is 2.82 bits per heavy atom. The Morgan fingerprint density at radius 1 is 1.35 bits per heavy atom. The molecule has 1 fully saturated rings. The smallest absolute Gasteiger partial charge is 0.152 e. The van der Waals surface area contributed by atoms with Gasteiger partial charge >= 0.3 is 0 Å². The van der Waals surface area contributed by atoms with Crippen molar-refractivity contribution in [3.63, 3.8) is 0 Å². The summed E-state index contributed by atoms with van der Waals surface area (Å²) in [4.78, 5) is 4.31. The number of rotatable bonds is 3. The van der Waals surface area contributed by atoms with Gasteiger partial charge in [0.2, 0.25) is 0 Å². The zero-order chi connectivity index (χ0) is 11.9. The summed E-state index contributed by atoms with van der Waals surface area (Å²) >= 11 is 0. The third-order valence-electron chi connectivity index (χ3n) is 3.59. The molecular weight excluding hydrogens is 215 g/mol. The quantitative estimate of drug-likeness (QED) is 0.880. The first-order valence-corrected chi connectivity index (χ1v) is 5.98. The number of pyridine rings is 1. The van der Waals surface area contributed by atoms with E-state index in [2.05, 4.69) is 4.98 Å². The molecule has 1 unspecified atom stereocenters. The van der Waals surface area contributed by atoms with Gasteiger partial charge in [0.25, 0.3) is 0 Å². The highest BCUT2D eigenvalue weighted by atomic mass is 19.1. The van der Waals surface area contributed by atoms with Crippen LogP contribution in [0.3, 0.4) is 0 Å². The molecule has 0 radical (unpaired) electrons. The van der Waals surface area contributed by atoms with Crippen LogP contribution in [0.5, 0.6) is 0 Å². The van der Waals surface area contributed by atoms with Crippen LogP contribution < -0.4 is 5.73 Å². The lowest BCUT2D eigenvalue weighted by atomic mass is 9.91. The molecule has 0 spiro atoms. The number of aromatic nitrogens is 1. The second-order valence-corrected chi connectivity index (χ2v) is 4.76. The summed E-state index contributed by atoms with van der Waals surface area (Å²) in [5, 5.41) is 0.973. The Balaban J connectivity index is 2.10. The first kappa shape index (κ1) is 10.7. The SMILES string of the molecule is NCC(F)(c1cnc2ccccc2c1)C1CC1. The third kappa shape index (κ3) is 1.71. The fraction of sp³-hybridized carbons (Fsp3) is 0.357. The van der Waals surface area contributed by atoms with Gasteiger partial charge in [0, 0.05) is 23.7 Å². The van der Waals surface area contributed by atoms with Crippen LogP contribution in [-0.2, 0) is 5.67 Å². The van der Waals surface area contributed by atoms with E-state index in [1.807, 2.05) is 30.3 Å². The Labute approximate surface area is 99.7 Å². The Morgan fingerprint density at radius 2 is 2.12 bits per heavy atom. The minimum absolute atomic E-state index is 0.0394. The number of benzene rings is 1. The van der Waals surface area contributed by atoms with Gasteiger partial charge in [-0.3, -0.25) is 4.98 Å². The molecule has 0 amide bonds. The van der Waals surface area contributed by atoms with Crippen molar-refractivity contribution in [2.75, 3.05) is 6.54 Å². The third-order valence-corrected chi connectivity index (χ3v) is 3.59. The summed E-state index contributed by atoms with van der Waals surface area (Å²) in [6, 6.07) is 9.64. The van der Waals surface area contributed by atoms with E-state index in [-0.39, 0.29) is 12.5 Å². The first-order chi connectivity index (χ1) is 8.24. The van der Waals surface area contributed by atoms with Gasteiger partial charge in [0.05, 0.1) is 5.52 Å². The maximum absolute atomic E-state index is 14.8. The molecule has 2 aromatic rings. The molecule has 1 saturated carbocycles. The van der Waals surface area contributed by atoms with Gasteiger partial charge < -0.3 is 5.73 Å². The molecule has 1 aromatic carbocycles. The molecule has 3 heteroatoms. The Hall–Kier alpha value is -1.48. The van der Waals surface area contributed by atoms with Gasteiger partial charge in [-0.05, 0) is 30.9 Å². The molecular formula is C14H15FN2. The van der Waals surface area contributed by atoms with Gasteiger partial charge in [0.15, 0.2) is 5.67 Å². The second-order valence-electron chi connectivity index (χ2n) is 4.76. The molecule has 2 N–H and O–H groups in total. The highest BCUT2D eigenvalue weighted by Gasteiger charge is 2.46. The Bertz CT molecular complexity index is 551. The van der Waals surface area contributed by atoms with Crippen molar-refractivity contribution in [3.8, 4) is 0 Å². The van der Waals surface area contributed by atoms with Crippen molar-refractivity contribution in [2.24, 2.45) is 11.7 Å². The van der Waals surface area contributed by atoms with E-state index in [9.17, 15) is 4.39 Å². The first-order valence-electron chi connectivity index (χ1n) is 5.98. The highest BCUT2D eigenvalue weighted by Crippen LogP contribution is 2.48. The molecule has 0 bridgehead atoms. The molecule has 0 saturated heterocycles. The van der Waals surface area contributed by atoms with Gasteiger partial charge in [-0.2, -0.15) is 0 Å². The molecule has 1 atom stereocenters. The minimum atomic E-state index is -1.39. The second kappa shape index (κ2) is 3.77. The summed E-state index contributed by atoms with van der Waals surface area (Å²) < 4.78 is 14.8. The van der Waals surface area contributed by atoms with Crippen LogP contribution in [0.25, 0.3) is 10.9 Å². The van der Waals surface area contributed by atoms with Gasteiger partial charge in [-0.25, -0.2) is 4.39 Å². The van der Waals surface area contributed by atoms with Crippen molar-refractivity contribution >= 4 is 10.9 Å². The molecule has 1 aliphatic rings. The van der Waals surface area contributed by atoms with Crippen molar-refractivity contribution in [1.29, 1.82) is 0 Å². The lowest BCUT2D eigenvalue weighted by Gasteiger charge is -2.23. The minimum Gasteiger partial charge on any atom is -0.327 e. The van der Waals surface area contributed by atoms with Crippen LogP contribution in [0.2, 0.25) is 0 Å². The van der Waals surface area contributed by atoms with Gasteiger partial charge in [0.1, 0.15) is 0 Å². The van der Waals surface area contributed by atoms with E-state index in [0.29, 0.717) is 5.56 Å². The van der Waals surface area contributed by atoms with Gasteiger partial charge in [-0.1, -0.05) is 18.2 Å². The predicted octanol–water partition coefficient (Wildman–Crippen LogP) is 2.77. The van der Waals surface area contributed by atoms with Gasteiger partial charge in [-0.15, -0.1) is 0 Å². The number of nitrogens with two attached hydrogens (primary N) is 1. The summed E-state index contributed by atoms with van der Waals surface area (Å²) in [5.41, 5.74) is 5.75. The predicted molar refractivity (Wildman–Crippen MR) is 66.3 cm³/mol. The van der Waals surface area contributed by atoms with Crippen molar-refractivity contribution < 1.29 is 4.39 Å². The van der Waals surface area contributed by atoms with Crippen LogP contribution in [0, 0.1) is 5.92 Å². The average Bonchev–Trinajstić information content (AvgIpc) is 3.22. The standard InChI is InChI=1S/C14H15FN2/c15-14(9-16,11-5-6-11)12-7-10-3-1-2-4-13(10)17-8-12/h1-4,7-8,11H,5-6,9,16H2. The molecule has 88 valence electrons. The topological polar surface area (TPSA) is 38.9 Å². The molecule has 0 aliphatic heterocycles. The normalized spacial score (nSPS) is 19.2. The maximum atomic E-state index is 14.8. The molecule has 2 nitrogen and oxygen atoms in total. The fourth-order valence-corrected chi connectivity index (χ4v) is 2.36. The summed E-state index contributed by atoms with van der Waals surface area (Å²) in [6.45, 7) is 0.0394.